The fraction of sp³-hybridized carbons (Fsp3) is 1.00. The molecule has 2 N–H and O–H groups in total. The summed E-state index contributed by atoms with van der Waals surface area (Å²) in [5.41, 5.74) is 6.31. The summed E-state index contributed by atoms with van der Waals surface area (Å²) in [6, 6.07) is 0.302. The molecule has 1 saturated heterocycles. The SMILES string of the molecule is CN(CC(N)C1CCOC1)CC1CC2CCC1C2. The van der Waals surface area contributed by atoms with Gasteiger partial charge in [-0.05, 0) is 50.5 Å². The molecule has 1 aliphatic heterocycles. The van der Waals surface area contributed by atoms with Gasteiger partial charge in [0.2, 0.25) is 0 Å². The maximum absolute atomic E-state index is 6.31. The van der Waals surface area contributed by atoms with Crippen molar-refractivity contribution in [3.05, 3.63) is 0 Å². The van der Waals surface area contributed by atoms with E-state index in [4.69, 9.17) is 10.5 Å². The Kier molecular flexibility index (Phi) is 3.92. The minimum Gasteiger partial charge on any atom is -0.381 e. The van der Waals surface area contributed by atoms with E-state index in [1.54, 1.807) is 0 Å². The van der Waals surface area contributed by atoms with E-state index in [1.807, 2.05) is 0 Å². The van der Waals surface area contributed by atoms with Crippen LogP contribution in [-0.2, 0) is 4.74 Å². The number of hydrogen-bond donors (Lipinski definition) is 1. The van der Waals surface area contributed by atoms with Gasteiger partial charge in [-0.3, -0.25) is 0 Å². The predicted molar refractivity (Wildman–Crippen MR) is 73.3 cm³/mol. The van der Waals surface area contributed by atoms with E-state index in [0.717, 1.165) is 43.9 Å². The molecule has 0 radical (unpaired) electrons. The van der Waals surface area contributed by atoms with Crippen molar-refractivity contribution in [1.29, 1.82) is 0 Å². The van der Waals surface area contributed by atoms with Gasteiger partial charge in [-0.15, -0.1) is 0 Å². The van der Waals surface area contributed by atoms with Crippen molar-refractivity contribution in [2.24, 2.45) is 29.4 Å². The maximum atomic E-state index is 6.31. The van der Waals surface area contributed by atoms with Crippen LogP contribution in [0.3, 0.4) is 0 Å². The van der Waals surface area contributed by atoms with Gasteiger partial charge in [0, 0.05) is 31.7 Å². The van der Waals surface area contributed by atoms with Crippen molar-refractivity contribution in [2.45, 2.75) is 38.1 Å². The first-order valence-electron chi connectivity index (χ1n) is 7.74. The number of rotatable bonds is 5. The second kappa shape index (κ2) is 5.48. The van der Waals surface area contributed by atoms with Crippen LogP contribution in [0.1, 0.15) is 32.1 Å². The Morgan fingerprint density at radius 1 is 1.28 bits per heavy atom. The van der Waals surface area contributed by atoms with Gasteiger partial charge in [0.25, 0.3) is 0 Å². The van der Waals surface area contributed by atoms with Gasteiger partial charge >= 0.3 is 0 Å². The minimum atomic E-state index is 0.302. The van der Waals surface area contributed by atoms with Gasteiger partial charge in [-0.1, -0.05) is 6.42 Å². The van der Waals surface area contributed by atoms with Crippen molar-refractivity contribution < 1.29 is 4.74 Å². The normalized spacial score (nSPS) is 40.8. The smallest absolute Gasteiger partial charge is 0.0510 e. The fourth-order valence-electron chi connectivity index (χ4n) is 4.47. The zero-order valence-electron chi connectivity index (χ0n) is 11.7. The number of hydrogen-bond acceptors (Lipinski definition) is 3. The zero-order valence-corrected chi connectivity index (χ0v) is 11.7. The molecule has 5 atom stereocenters. The molecule has 3 fully saturated rings. The first-order valence-corrected chi connectivity index (χ1v) is 7.74. The summed E-state index contributed by atoms with van der Waals surface area (Å²) in [6.45, 7) is 4.10. The molecule has 2 bridgehead atoms. The number of fused-ring (bicyclic) bond motifs is 2. The molecule has 1 heterocycles. The van der Waals surface area contributed by atoms with Crippen molar-refractivity contribution in [3.63, 3.8) is 0 Å². The zero-order chi connectivity index (χ0) is 12.5. The molecule has 2 saturated carbocycles. The molecule has 0 spiro atoms. The first-order chi connectivity index (χ1) is 8.72. The minimum absolute atomic E-state index is 0.302. The summed E-state index contributed by atoms with van der Waals surface area (Å²) in [7, 11) is 2.25. The molecule has 3 rings (SSSR count). The Morgan fingerprint density at radius 3 is 2.78 bits per heavy atom. The van der Waals surface area contributed by atoms with E-state index in [2.05, 4.69) is 11.9 Å². The van der Waals surface area contributed by atoms with Gasteiger partial charge in [0.1, 0.15) is 0 Å². The van der Waals surface area contributed by atoms with Gasteiger partial charge in [-0.25, -0.2) is 0 Å². The highest BCUT2D eigenvalue weighted by atomic mass is 16.5. The van der Waals surface area contributed by atoms with Crippen molar-refractivity contribution >= 4 is 0 Å². The van der Waals surface area contributed by atoms with E-state index in [-0.39, 0.29) is 0 Å². The Hall–Kier alpha value is -0.120. The van der Waals surface area contributed by atoms with Crippen LogP contribution in [0.5, 0.6) is 0 Å². The lowest BCUT2D eigenvalue weighted by Gasteiger charge is -2.30. The van der Waals surface area contributed by atoms with Crippen LogP contribution in [0.15, 0.2) is 0 Å². The number of nitrogens with zero attached hydrogens (tertiary/aromatic N) is 1. The van der Waals surface area contributed by atoms with E-state index in [0.29, 0.717) is 12.0 Å². The molecule has 0 aromatic rings. The summed E-state index contributed by atoms with van der Waals surface area (Å²) in [5, 5.41) is 0. The van der Waals surface area contributed by atoms with E-state index in [1.165, 1.54) is 32.2 Å². The third-order valence-corrected chi connectivity index (χ3v) is 5.52. The second-order valence-electron chi connectivity index (χ2n) is 6.94. The molecular formula is C15H28N2O. The molecule has 3 heteroatoms. The lowest BCUT2D eigenvalue weighted by atomic mass is 9.88. The lowest BCUT2D eigenvalue weighted by Crippen LogP contribution is -2.43. The van der Waals surface area contributed by atoms with Gasteiger partial charge in [-0.2, -0.15) is 0 Å². The quantitative estimate of drug-likeness (QED) is 0.809. The average Bonchev–Trinajstić information content (AvgIpc) is 3.06. The standard InChI is InChI=1S/C15H28N2O/c1-17(9-15(16)13-4-5-18-10-13)8-14-7-11-2-3-12(14)6-11/h11-15H,2-10,16H2,1H3. The molecule has 0 amide bonds. The highest BCUT2D eigenvalue weighted by Gasteiger charge is 2.39. The van der Waals surface area contributed by atoms with Crippen molar-refractivity contribution in [3.8, 4) is 0 Å². The van der Waals surface area contributed by atoms with Crippen molar-refractivity contribution in [2.75, 3.05) is 33.4 Å². The third-order valence-electron chi connectivity index (χ3n) is 5.52. The second-order valence-corrected chi connectivity index (χ2v) is 6.94. The average molecular weight is 252 g/mol. The topological polar surface area (TPSA) is 38.5 Å². The molecule has 3 aliphatic rings. The molecule has 2 aliphatic carbocycles. The van der Waals surface area contributed by atoms with Gasteiger partial charge in [0.05, 0.1) is 6.61 Å². The monoisotopic (exact) mass is 252 g/mol. The Bertz CT molecular complexity index is 278. The molecule has 3 nitrogen and oxygen atoms in total. The Labute approximate surface area is 111 Å². The highest BCUT2D eigenvalue weighted by molar-refractivity contribution is 4.91. The van der Waals surface area contributed by atoms with Crippen LogP contribution in [-0.4, -0.2) is 44.3 Å². The van der Waals surface area contributed by atoms with E-state index < -0.39 is 0 Å². The summed E-state index contributed by atoms with van der Waals surface area (Å²) in [5.74, 6) is 3.64. The summed E-state index contributed by atoms with van der Waals surface area (Å²) in [4.78, 5) is 2.48. The fourth-order valence-corrected chi connectivity index (χ4v) is 4.47. The first kappa shape index (κ1) is 12.9. The van der Waals surface area contributed by atoms with Crippen molar-refractivity contribution in [1.82, 2.24) is 4.90 Å². The lowest BCUT2D eigenvalue weighted by molar-refractivity contribution is 0.166. The number of nitrogens with two attached hydrogens (primary N) is 1. The molecule has 0 aromatic carbocycles. The molecule has 18 heavy (non-hydrogen) atoms. The molecule has 104 valence electrons. The van der Waals surface area contributed by atoms with Crippen LogP contribution in [0, 0.1) is 23.7 Å². The Balaban J connectivity index is 1.42. The summed E-state index contributed by atoms with van der Waals surface area (Å²) < 4.78 is 5.43. The van der Waals surface area contributed by atoms with Gasteiger partial charge < -0.3 is 15.4 Å². The number of likely N-dealkylation sites (N-methyl/N-ethyl adjacent to an activating group) is 1. The van der Waals surface area contributed by atoms with Crippen LogP contribution in [0.2, 0.25) is 0 Å². The largest absolute Gasteiger partial charge is 0.381 e. The van der Waals surface area contributed by atoms with Crippen LogP contribution in [0.25, 0.3) is 0 Å². The van der Waals surface area contributed by atoms with Crippen LogP contribution >= 0.6 is 0 Å². The van der Waals surface area contributed by atoms with Crippen LogP contribution in [0.4, 0.5) is 0 Å². The van der Waals surface area contributed by atoms with E-state index in [9.17, 15) is 0 Å². The maximum Gasteiger partial charge on any atom is 0.0510 e. The highest BCUT2D eigenvalue weighted by Crippen LogP contribution is 2.48. The Morgan fingerprint density at radius 2 is 2.17 bits per heavy atom. The molecule has 0 aromatic heterocycles. The summed E-state index contributed by atoms with van der Waals surface area (Å²) >= 11 is 0. The van der Waals surface area contributed by atoms with Crippen LogP contribution < -0.4 is 5.73 Å². The summed E-state index contributed by atoms with van der Waals surface area (Å²) in [6.07, 6.45) is 7.15. The van der Waals surface area contributed by atoms with E-state index >= 15 is 0 Å². The third kappa shape index (κ3) is 2.73. The molecular weight excluding hydrogens is 224 g/mol. The van der Waals surface area contributed by atoms with Gasteiger partial charge in [0.15, 0.2) is 0 Å². The number of ether oxygens (including phenoxy) is 1. The molecule has 5 unspecified atom stereocenters. The predicted octanol–water partition coefficient (Wildman–Crippen LogP) is 1.72.